The molecule has 1 amide bonds. The van der Waals surface area contributed by atoms with Gasteiger partial charge in [0, 0.05) is 49.2 Å². The van der Waals surface area contributed by atoms with Gasteiger partial charge in [-0.15, -0.1) is 0 Å². The molecule has 9 nitrogen and oxygen atoms in total. The third-order valence-electron chi connectivity index (χ3n) is 6.07. The fourth-order valence-electron chi connectivity index (χ4n) is 4.20. The molecule has 11 heteroatoms. The van der Waals surface area contributed by atoms with Gasteiger partial charge in [-0.25, -0.2) is 18.4 Å². The van der Waals surface area contributed by atoms with Crippen molar-refractivity contribution in [1.29, 1.82) is 0 Å². The maximum Gasteiger partial charge on any atom is 0.254 e. The Kier molecular flexibility index (Phi) is 7.75. The zero-order valence-corrected chi connectivity index (χ0v) is 22.0. The highest BCUT2D eigenvalue weighted by Gasteiger charge is 2.29. The lowest BCUT2D eigenvalue weighted by Gasteiger charge is -2.30. The van der Waals surface area contributed by atoms with Gasteiger partial charge in [0.05, 0.1) is 10.5 Å². The van der Waals surface area contributed by atoms with Crippen LogP contribution in [0.5, 0.6) is 0 Å². The van der Waals surface area contributed by atoms with Gasteiger partial charge in [-0.05, 0) is 62.9 Å². The van der Waals surface area contributed by atoms with Crippen LogP contribution < -0.4 is 15.5 Å². The first-order valence-electron chi connectivity index (χ1n) is 11.7. The zero-order valence-electron chi connectivity index (χ0n) is 20.4. The molecule has 2 N–H and O–H groups in total. The summed E-state index contributed by atoms with van der Waals surface area (Å²) in [6, 6.07) is 11.0. The Labute approximate surface area is 216 Å². The normalized spacial score (nSPS) is 17.9. The first kappa shape index (κ1) is 25.8. The minimum atomic E-state index is -4.02. The van der Waals surface area contributed by atoms with Crippen molar-refractivity contribution >= 4 is 39.1 Å². The van der Waals surface area contributed by atoms with E-state index in [9.17, 15) is 13.2 Å². The fraction of sp³-hybridized carbons (Fsp3) is 0.360. The van der Waals surface area contributed by atoms with Crippen LogP contribution in [0.4, 0.5) is 11.8 Å². The summed E-state index contributed by atoms with van der Waals surface area (Å²) < 4.78 is 26.4. The van der Waals surface area contributed by atoms with E-state index in [2.05, 4.69) is 25.6 Å². The molecule has 2 aromatic heterocycles. The second-order valence-corrected chi connectivity index (χ2v) is 11.4. The zero-order chi connectivity index (χ0) is 25.9. The number of hydrogen-bond acceptors (Lipinski definition) is 8. The Bertz CT molecular complexity index is 1360. The Morgan fingerprint density at radius 1 is 1.03 bits per heavy atom. The minimum Gasteiger partial charge on any atom is -0.363 e. The van der Waals surface area contributed by atoms with Crippen molar-refractivity contribution in [2.24, 2.45) is 0 Å². The number of aryl methyl sites for hydroxylation is 1. The number of anilines is 2. The number of benzene rings is 1. The standard InChI is InChI=1S/C25H29ClN6O3S/c1-16-14-22(32(2)3)31-25(28-16)30-19-11-9-18(10-12-19)29-23(33)21-8-5-13-27-24(21)36(34,35)20-7-4-6-17(26)15-20/h4-8,13-15,18-19H,9-12H2,1-3H3,(H,29,33)(H,28,30,31). The summed E-state index contributed by atoms with van der Waals surface area (Å²) in [4.78, 5) is 28.1. The third kappa shape index (κ3) is 5.93. The Morgan fingerprint density at radius 3 is 2.44 bits per heavy atom. The minimum absolute atomic E-state index is 0.00914. The third-order valence-corrected chi connectivity index (χ3v) is 8.02. The number of halogens is 1. The number of carbonyl (C=O) groups is 1. The monoisotopic (exact) mass is 528 g/mol. The topological polar surface area (TPSA) is 117 Å². The summed E-state index contributed by atoms with van der Waals surface area (Å²) >= 11 is 5.98. The van der Waals surface area contributed by atoms with E-state index in [1.807, 2.05) is 32.0 Å². The molecule has 0 saturated heterocycles. The number of pyridine rings is 1. The van der Waals surface area contributed by atoms with E-state index in [1.54, 1.807) is 18.2 Å². The molecule has 1 aromatic carbocycles. The van der Waals surface area contributed by atoms with Crippen molar-refractivity contribution in [3.8, 4) is 0 Å². The number of sulfone groups is 1. The largest absolute Gasteiger partial charge is 0.363 e. The van der Waals surface area contributed by atoms with Crippen LogP contribution in [-0.2, 0) is 9.84 Å². The molecule has 0 unspecified atom stereocenters. The Hall–Kier alpha value is -3.24. The molecule has 1 aliphatic rings. The average molecular weight is 529 g/mol. The van der Waals surface area contributed by atoms with Gasteiger partial charge in [0.1, 0.15) is 5.82 Å². The van der Waals surface area contributed by atoms with Crippen LogP contribution in [0.25, 0.3) is 0 Å². The van der Waals surface area contributed by atoms with Gasteiger partial charge in [-0.2, -0.15) is 4.98 Å². The van der Waals surface area contributed by atoms with E-state index < -0.39 is 15.7 Å². The van der Waals surface area contributed by atoms with Crippen molar-refractivity contribution in [2.75, 3.05) is 24.3 Å². The number of nitrogens with one attached hydrogen (secondary N) is 2. The second-order valence-electron chi connectivity index (χ2n) is 9.07. The van der Waals surface area contributed by atoms with Crippen LogP contribution in [0.1, 0.15) is 41.7 Å². The predicted octanol–water partition coefficient (Wildman–Crippen LogP) is 3.89. The van der Waals surface area contributed by atoms with E-state index in [1.165, 1.54) is 24.4 Å². The van der Waals surface area contributed by atoms with Crippen molar-refractivity contribution in [1.82, 2.24) is 20.3 Å². The van der Waals surface area contributed by atoms with Gasteiger partial charge in [0.15, 0.2) is 5.03 Å². The van der Waals surface area contributed by atoms with Crippen LogP contribution in [-0.4, -0.2) is 55.5 Å². The number of aromatic nitrogens is 3. The highest BCUT2D eigenvalue weighted by Crippen LogP contribution is 2.26. The number of rotatable bonds is 7. The first-order valence-corrected chi connectivity index (χ1v) is 13.6. The Morgan fingerprint density at radius 2 is 1.75 bits per heavy atom. The molecular formula is C25H29ClN6O3S. The molecule has 0 bridgehead atoms. The van der Waals surface area contributed by atoms with Gasteiger partial charge in [-0.1, -0.05) is 17.7 Å². The molecule has 0 radical (unpaired) electrons. The van der Waals surface area contributed by atoms with Gasteiger partial charge < -0.3 is 15.5 Å². The molecule has 3 aromatic rings. The molecule has 0 spiro atoms. The van der Waals surface area contributed by atoms with Crippen LogP contribution in [0.15, 0.2) is 58.6 Å². The van der Waals surface area contributed by atoms with Crippen LogP contribution in [0.3, 0.4) is 0 Å². The fourth-order valence-corrected chi connectivity index (χ4v) is 5.86. The summed E-state index contributed by atoms with van der Waals surface area (Å²) in [6.45, 7) is 1.94. The average Bonchev–Trinajstić information content (AvgIpc) is 2.85. The molecule has 1 aliphatic carbocycles. The summed E-state index contributed by atoms with van der Waals surface area (Å²) in [6.07, 6.45) is 4.49. The lowest BCUT2D eigenvalue weighted by atomic mass is 9.91. The number of nitrogens with zero attached hydrogens (tertiary/aromatic N) is 4. The van der Waals surface area contributed by atoms with Crippen molar-refractivity contribution in [2.45, 2.75) is 54.6 Å². The summed E-state index contributed by atoms with van der Waals surface area (Å²) in [5.74, 6) is 0.973. The molecule has 36 heavy (non-hydrogen) atoms. The van der Waals surface area contributed by atoms with Crippen molar-refractivity contribution in [3.05, 3.63) is 64.9 Å². The molecule has 1 fully saturated rings. The smallest absolute Gasteiger partial charge is 0.254 e. The van der Waals surface area contributed by atoms with Crippen LogP contribution >= 0.6 is 11.6 Å². The number of carbonyl (C=O) groups excluding carboxylic acids is 1. The van der Waals surface area contributed by atoms with E-state index in [-0.39, 0.29) is 32.6 Å². The van der Waals surface area contributed by atoms with E-state index in [0.29, 0.717) is 5.95 Å². The van der Waals surface area contributed by atoms with Gasteiger partial charge in [0.2, 0.25) is 15.8 Å². The molecule has 4 rings (SSSR count). The maximum absolute atomic E-state index is 13.2. The number of amides is 1. The molecule has 1 saturated carbocycles. The quantitative estimate of drug-likeness (QED) is 0.474. The van der Waals surface area contributed by atoms with Crippen LogP contribution in [0, 0.1) is 6.92 Å². The SMILES string of the molecule is Cc1cc(N(C)C)nc(NC2CCC(NC(=O)c3cccnc3S(=O)(=O)c3cccc(Cl)c3)CC2)n1. The molecule has 2 heterocycles. The summed E-state index contributed by atoms with van der Waals surface area (Å²) in [7, 11) is -0.143. The summed E-state index contributed by atoms with van der Waals surface area (Å²) in [5.41, 5.74) is 0.902. The lowest BCUT2D eigenvalue weighted by molar-refractivity contribution is 0.0922. The van der Waals surface area contributed by atoms with Gasteiger partial charge in [0.25, 0.3) is 5.91 Å². The Balaban J connectivity index is 1.41. The van der Waals surface area contributed by atoms with Crippen molar-refractivity contribution in [3.63, 3.8) is 0 Å². The molecular weight excluding hydrogens is 500 g/mol. The van der Waals surface area contributed by atoms with Crippen molar-refractivity contribution < 1.29 is 13.2 Å². The van der Waals surface area contributed by atoms with E-state index >= 15 is 0 Å². The highest BCUT2D eigenvalue weighted by molar-refractivity contribution is 7.91. The van der Waals surface area contributed by atoms with E-state index in [0.717, 1.165) is 37.2 Å². The summed E-state index contributed by atoms with van der Waals surface area (Å²) in [5, 5.41) is 6.41. The van der Waals surface area contributed by atoms with E-state index in [4.69, 9.17) is 11.6 Å². The van der Waals surface area contributed by atoms with Crippen LogP contribution in [0.2, 0.25) is 5.02 Å². The molecule has 0 aliphatic heterocycles. The van der Waals surface area contributed by atoms with Gasteiger partial charge >= 0.3 is 0 Å². The maximum atomic E-state index is 13.2. The molecule has 190 valence electrons. The lowest BCUT2D eigenvalue weighted by Crippen LogP contribution is -2.40. The second kappa shape index (κ2) is 10.8. The first-order chi connectivity index (χ1) is 17.1. The number of hydrogen-bond donors (Lipinski definition) is 2. The highest BCUT2D eigenvalue weighted by atomic mass is 35.5. The van der Waals surface area contributed by atoms with Gasteiger partial charge in [-0.3, -0.25) is 4.79 Å². The predicted molar refractivity (Wildman–Crippen MR) is 139 cm³/mol. The molecule has 0 atom stereocenters.